The molecule has 1 aromatic heterocycles. The topological polar surface area (TPSA) is 39.3 Å². The summed E-state index contributed by atoms with van der Waals surface area (Å²) in [7, 11) is 0. The van der Waals surface area contributed by atoms with Crippen LogP contribution in [0.15, 0.2) is 30.9 Å². The highest BCUT2D eigenvalue weighted by molar-refractivity contribution is 5.90. The van der Waals surface area contributed by atoms with Crippen LogP contribution in [0, 0.1) is 6.92 Å². The Balaban J connectivity index is 2.19. The third-order valence-corrected chi connectivity index (χ3v) is 3.59. The number of nitrogens with one attached hydrogen (secondary N) is 1. The zero-order chi connectivity index (χ0) is 16.3. The number of hydrogen-bond donors (Lipinski definition) is 2. The number of H-pyrrole nitrogens is 1. The summed E-state index contributed by atoms with van der Waals surface area (Å²) in [5, 5.41) is 10.7. The van der Waals surface area contributed by atoms with E-state index in [0.29, 0.717) is 11.8 Å². The fourth-order valence-corrected chi connectivity index (χ4v) is 2.68. The molecule has 0 amide bonds. The Hall–Kier alpha value is -1.95. The Labute approximate surface area is 127 Å². The molecule has 22 heavy (non-hydrogen) atoms. The molecule has 6 heteroatoms. The van der Waals surface area contributed by atoms with Crippen molar-refractivity contribution >= 4 is 10.9 Å². The van der Waals surface area contributed by atoms with Crippen molar-refractivity contribution in [3.8, 4) is 5.75 Å². The van der Waals surface area contributed by atoms with Gasteiger partial charge in [-0.15, -0.1) is 6.58 Å². The number of aromatic nitrogens is 1. The first-order valence-electron chi connectivity index (χ1n) is 7.01. The number of halogens is 3. The summed E-state index contributed by atoms with van der Waals surface area (Å²) in [6.45, 7) is 4.81. The maximum absolute atomic E-state index is 12.6. The fraction of sp³-hybridized carbons (Fsp3) is 0.375. The van der Waals surface area contributed by atoms with E-state index in [2.05, 4.69) is 11.6 Å². The molecule has 1 aromatic carbocycles. The number of rotatable bonds is 6. The van der Waals surface area contributed by atoms with Crippen LogP contribution in [0.4, 0.5) is 13.2 Å². The molecule has 0 saturated heterocycles. The highest BCUT2D eigenvalue weighted by Gasteiger charge is 2.30. The Morgan fingerprint density at radius 1 is 1.36 bits per heavy atom. The maximum atomic E-state index is 12.6. The van der Waals surface area contributed by atoms with Gasteiger partial charge in [-0.3, -0.25) is 4.90 Å². The normalized spacial score (nSPS) is 12.2. The highest BCUT2D eigenvalue weighted by Crippen LogP contribution is 2.30. The number of phenolic OH excluding ortho intramolecular Hbond substituents is 1. The lowest BCUT2D eigenvalue weighted by Gasteiger charge is -2.22. The van der Waals surface area contributed by atoms with Gasteiger partial charge in [-0.05, 0) is 31.0 Å². The Morgan fingerprint density at radius 2 is 2.09 bits per heavy atom. The second-order valence-electron chi connectivity index (χ2n) is 5.32. The third kappa shape index (κ3) is 3.82. The van der Waals surface area contributed by atoms with Crippen LogP contribution in [0.2, 0.25) is 0 Å². The molecule has 120 valence electrons. The minimum atomic E-state index is -4.24. The molecule has 0 aliphatic rings. The molecule has 1 heterocycles. The van der Waals surface area contributed by atoms with Crippen LogP contribution in [-0.4, -0.2) is 40.8 Å². The first-order valence-corrected chi connectivity index (χ1v) is 7.01. The first kappa shape index (κ1) is 16.4. The number of nitrogens with zero attached hydrogens (tertiary/aromatic N) is 1. The average Bonchev–Trinajstić information content (AvgIpc) is 2.72. The van der Waals surface area contributed by atoms with E-state index in [4.69, 9.17) is 0 Å². The number of fused-ring (bicyclic) bond motifs is 1. The van der Waals surface area contributed by atoms with Crippen molar-refractivity contribution in [1.82, 2.24) is 9.88 Å². The molecule has 0 atom stereocenters. The van der Waals surface area contributed by atoms with Gasteiger partial charge < -0.3 is 10.1 Å². The summed E-state index contributed by atoms with van der Waals surface area (Å²) in [4.78, 5) is 4.45. The van der Waals surface area contributed by atoms with E-state index in [1.54, 1.807) is 12.1 Å². The van der Waals surface area contributed by atoms with Crippen molar-refractivity contribution in [3.05, 3.63) is 42.1 Å². The third-order valence-electron chi connectivity index (χ3n) is 3.59. The van der Waals surface area contributed by atoms with Crippen LogP contribution in [0.1, 0.15) is 11.3 Å². The van der Waals surface area contributed by atoms with E-state index in [9.17, 15) is 18.3 Å². The minimum absolute atomic E-state index is 0.142. The van der Waals surface area contributed by atoms with E-state index in [1.807, 2.05) is 13.0 Å². The zero-order valence-corrected chi connectivity index (χ0v) is 12.4. The molecule has 2 aromatic rings. The summed E-state index contributed by atoms with van der Waals surface area (Å²) in [6.07, 6.45) is -2.35. The van der Waals surface area contributed by atoms with Gasteiger partial charge in [0.25, 0.3) is 0 Å². The van der Waals surface area contributed by atoms with E-state index < -0.39 is 12.7 Å². The number of aryl methyl sites for hydroxylation is 1. The molecule has 2 N–H and O–H groups in total. The van der Waals surface area contributed by atoms with Crippen LogP contribution >= 0.6 is 0 Å². The van der Waals surface area contributed by atoms with Gasteiger partial charge in [0, 0.05) is 29.7 Å². The Kier molecular flexibility index (Phi) is 4.81. The summed E-state index contributed by atoms with van der Waals surface area (Å²) in [5.74, 6) is 0.142. The second kappa shape index (κ2) is 6.44. The van der Waals surface area contributed by atoms with Crippen molar-refractivity contribution in [2.75, 3.05) is 19.6 Å². The van der Waals surface area contributed by atoms with Crippen molar-refractivity contribution in [1.29, 1.82) is 0 Å². The maximum Gasteiger partial charge on any atom is 0.401 e. The standard InChI is InChI=1S/C16H19F3N2O/c1-3-8-21(10-16(17,18)19)9-7-12-11(2)20-13-5-4-6-14(22)15(12)13/h3-6,20,22H,1,7-10H2,2H3. The van der Waals surface area contributed by atoms with Gasteiger partial charge in [-0.1, -0.05) is 12.1 Å². The van der Waals surface area contributed by atoms with E-state index in [-0.39, 0.29) is 18.8 Å². The van der Waals surface area contributed by atoms with Crippen LogP contribution in [0.5, 0.6) is 5.75 Å². The van der Waals surface area contributed by atoms with Crippen molar-refractivity contribution in [2.24, 2.45) is 0 Å². The summed E-state index contributed by atoms with van der Waals surface area (Å²) >= 11 is 0. The fourth-order valence-electron chi connectivity index (χ4n) is 2.68. The number of hydrogen-bond acceptors (Lipinski definition) is 2. The van der Waals surface area contributed by atoms with Crippen LogP contribution in [0.25, 0.3) is 10.9 Å². The van der Waals surface area contributed by atoms with Crippen LogP contribution in [-0.2, 0) is 6.42 Å². The van der Waals surface area contributed by atoms with E-state index >= 15 is 0 Å². The van der Waals surface area contributed by atoms with Crippen molar-refractivity contribution < 1.29 is 18.3 Å². The lowest BCUT2D eigenvalue weighted by atomic mass is 10.1. The van der Waals surface area contributed by atoms with Gasteiger partial charge in [0.05, 0.1) is 6.54 Å². The van der Waals surface area contributed by atoms with E-state index in [0.717, 1.165) is 16.8 Å². The second-order valence-corrected chi connectivity index (χ2v) is 5.32. The minimum Gasteiger partial charge on any atom is -0.507 e. The molecule has 0 unspecified atom stereocenters. The van der Waals surface area contributed by atoms with E-state index in [1.165, 1.54) is 11.0 Å². The van der Waals surface area contributed by atoms with Crippen molar-refractivity contribution in [2.45, 2.75) is 19.5 Å². The molecule has 0 bridgehead atoms. The van der Waals surface area contributed by atoms with Gasteiger partial charge in [-0.2, -0.15) is 13.2 Å². The lowest BCUT2D eigenvalue weighted by Crippen LogP contribution is -2.35. The summed E-state index contributed by atoms with van der Waals surface area (Å²) in [5.41, 5.74) is 2.50. The summed E-state index contributed by atoms with van der Waals surface area (Å²) < 4.78 is 37.7. The van der Waals surface area contributed by atoms with Gasteiger partial charge in [0.2, 0.25) is 0 Å². The zero-order valence-electron chi connectivity index (χ0n) is 12.4. The monoisotopic (exact) mass is 312 g/mol. The van der Waals surface area contributed by atoms with Crippen LogP contribution < -0.4 is 0 Å². The molecular formula is C16H19F3N2O. The smallest absolute Gasteiger partial charge is 0.401 e. The molecule has 0 aliphatic carbocycles. The van der Waals surface area contributed by atoms with Gasteiger partial charge in [0.15, 0.2) is 0 Å². The van der Waals surface area contributed by atoms with Gasteiger partial charge >= 0.3 is 6.18 Å². The molecule has 0 aliphatic heterocycles. The Bertz CT molecular complexity index is 661. The predicted octanol–water partition coefficient (Wildman–Crippen LogP) is 3.77. The number of aromatic amines is 1. The summed E-state index contributed by atoms with van der Waals surface area (Å²) in [6, 6.07) is 5.14. The van der Waals surface area contributed by atoms with Crippen LogP contribution in [0.3, 0.4) is 0 Å². The largest absolute Gasteiger partial charge is 0.507 e. The SMILES string of the molecule is C=CCN(CCc1c(C)[nH]c2cccc(O)c12)CC(F)(F)F. The number of benzene rings is 1. The van der Waals surface area contributed by atoms with Gasteiger partial charge in [0.1, 0.15) is 5.75 Å². The highest BCUT2D eigenvalue weighted by atomic mass is 19.4. The molecule has 0 saturated carbocycles. The molecular weight excluding hydrogens is 293 g/mol. The molecule has 3 nitrogen and oxygen atoms in total. The number of alkyl halides is 3. The quantitative estimate of drug-likeness (QED) is 0.797. The van der Waals surface area contributed by atoms with Gasteiger partial charge in [-0.25, -0.2) is 0 Å². The first-order chi connectivity index (χ1) is 10.3. The molecule has 0 radical (unpaired) electrons. The lowest BCUT2D eigenvalue weighted by molar-refractivity contribution is -0.144. The number of aromatic hydroxyl groups is 1. The average molecular weight is 312 g/mol. The Morgan fingerprint density at radius 3 is 2.73 bits per heavy atom. The molecule has 0 spiro atoms. The molecule has 0 fully saturated rings. The predicted molar refractivity (Wildman–Crippen MR) is 81.1 cm³/mol. The molecule has 2 rings (SSSR count). The van der Waals surface area contributed by atoms with Crippen molar-refractivity contribution in [3.63, 3.8) is 0 Å². The number of phenols is 1.